The molecule has 3 rings (SSSR count). The normalized spacial score (nSPS) is 10.7. The molecule has 0 aliphatic rings. The Balaban J connectivity index is 1.61. The number of anilines is 1. The maximum absolute atomic E-state index is 13.6. The highest BCUT2D eigenvalue weighted by Crippen LogP contribution is 2.19. The summed E-state index contributed by atoms with van der Waals surface area (Å²) in [6, 6.07) is 13.0. The van der Waals surface area contributed by atoms with E-state index in [1.807, 2.05) is 30.3 Å². The number of thioether (sulfide) groups is 1. The second-order valence-corrected chi connectivity index (χ2v) is 6.57. The molecule has 1 heterocycles. The Labute approximate surface area is 157 Å². The molecule has 140 valence electrons. The molecule has 0 spiro atoms. The number of carbonyl (C=O) groups is 1. The number of aromatic nitrogens is 3. The lowest BCUT2D eigenvalue weighted by molar-refractivity contribution is -0.113. The number of aromatic amines is 1. The Bertz CT molecular complexity index is 968. The van der Waals surface area contributed by atoms with Gasteiger partial charge in [0.1, 0.15) is 17.3 Å². The topological polar surface area (TPSA) is 79.8 Å². The average molecular weight is 390 g/mol. The molecule has 0 atom stereocenters. The molecule has 6 nitrogen and oxygen atoms in total. The lowest BCUT2D eigenvalue weighted by Gasteiger charge is -2.08. The molecule has 0 fully saturated rings. The molecule has 1 aromatic heterocycles. The van der Waals surface area contributed by atoms with Crippen molar-refractivity contribution in [3.05, 3.63) is 76.2 Å². The molecular formula is C18H16F2N4O2S. The number of rotatable bonds is 7. The van der Waals surface area contributed by atoms with E-state index in [1.54, 1.807) is 0 Å². The zero-order valence-corrected chi connectivity index (χ0v) is 14.9. The van der Waals surface area contributed by atoms with Crippen molar-refractivity contribution in [2.24, 2.45) is 0 Å². The summed E-state index contributed by atoms with van der Waals surface area (Å²) in [5.74, 6) is -2.46. The largest absolute Gasteiger partial charge is 0.343 e. The zero-order valence-electron chi connectivity index (χ0n) is 14.1. The fraction of sp³-hybridized carbons (Fsp3) is 0.167. The summed E-state index contributed by atoms with van der Waals surface area (Å²) in [6.07, 6.45) is 0.625. The van der Waals surface area contributed by atoms with Crippen molar-refractivity contribution in [2.45, 2.75) is 18.1 Å². The highest BCUT2D eigenvalue weighted by molar-refractivity contribution is 7.99. The average Bonchev–Trinajstić information content (AvgIpc) is 3.02. The Morgan fingerprint density at radius 1 is 1.11 bits per heavy atom. The van der Waals surface area contributed by atoms with Crippen LogP contribution in [0.15, 0.2) is 58.5 Å². The summed E-state index contributed by atoms with van der Waals surface area (Å²) >= 11 is 1.01. The number of para-hydroxylation sites is 1. The number of H-pyrrole nitrogens is 1. The molecule has 0 saturated carbocycles. The molecule has 0 radical (unpaired) electrons. The molecule has 0 unspecified atom stereocenters. The van der Waals surface area contributed by atoms with E-state index in [4.69, 9.17) is 0 Å². The summed E-state index contributed by atoms with van der Waals surface area (Å²) in [7, 11) is 0. The molecule has 3 aromatic rings. The van der Waals surface area contributed by atoms with E-state index in [9.17, 15) is 18.4 Å². The number of amides is 1. The van der Waals surface area contributed by atoms with Gasteiger partial charge in [-0.3, -0.25) is 9.36 Å². The minimum absolute atomic E-state index is 0.149. The Kier molecular flexibility index (Phi) is 6.02. The van der Waals surface area contributed by atoms with E-state index in [0.29, 0.717) is 18.1 Å². The van der Waals surface area contributed by atoms with Crippen molar-refractivity contribution in [3.63, 3.8) is 0 Å². The van der Waals surface area contributed by atoms with E-state index >= 15 is 0 Å². The fourth-order valence-corrected chi connectivity index (χ4v) is 3.19. The molecule has 2 aromatic carbocycles. The van der Waals surface area contributed by atoms with Gasteiger partial charge >= 0.3 is 5.69 Å². The lowest BCUT2D eigenvalue weighted by atomic mass is 10.1. The van der Waals surface area contributed by atoms with Gasteiger partial charge in [0, 0.05) is 6.54 Å². The van der Waals surface area contributed by atoms with E-state index in [2.05, 4.69) is 15.5 Å². The van der Waals surface area contributed by atoms with Crippen LogP contribution in [0.3, 0.4) is 0 Å². The third kappa shape index (κ3) is 4.82. The molecule has 0 aliphatic heterocycles. The summed E-state index contributed by atoms with van der Waals surface area (Å²) in [6.45, 7) is 0.394. The van der Waals surface area contributed by atoms with Crippen molar-refractivity contribution in [1.29, 1.82) is 0 Å². The Morgan fingerprint density at radius 2 is 1.81 bits per heavy atom. The van der Waals surface area contributed by atoms with Crippen molar-refractivity contribution in [3.8, 4) is 0 Å². The van der Waals surface area contributed by atoms with Gasteiger partial charge in [-0.2, -0.15) is 0 Å². The Hall–Kier alpha value is -2.94. The van der Waals surface area contributed by atoms with Gasteiger partial charge in [0.05, 0.1) is 5.75 Å². The molecule has 27 heavy (non-hydrogen) atoms. The zero-order chi connectivity index (χ0) is 19.2. The van der Waals surface area contributed by atoms with Gasteiger partial charge in [0.25, 0.3) is 0 Å². The van der Waals surface area contributed by atoms with Gasteiger partial charge in [-0.05, 0) is 24.1 Å². The molecule has 0 saturated heterocycles. The Morgan fingerprint density at radius 3 is 2.52 bits per heavy atom. The van der Waals surface area contributed by atoms with Crippen molar-refractivity contribution in [2.75, 3.05) is 11.1 Å². The number of nitrogens with zero attached hydrogens (tertiary/aromatic N) is 2. The maximum atomic E-state index is 13.6. The number of aryl methyl sites for hydroxylation is 1. The van der Waals surface area contributed by atoms with Crippen LogP contribution >= 0.6 is 11.8 Å². The lowest BCUT2D eigenvalue weighted by Crippen LogP contribution is -2.20. The standard InChI is InChI=1S/C18H16F2N4O2S/c19-13-7-4-8-14(20)16(13)21-15(25)11-27-18-23-22-17(26)24(18)10-9-12-5-2-1-3-6-12/h1-8H,9-11H2,(H,21,25)(H,22,26). The first kappa shape index (κ1) is 18.8. The number of nitrogens with one attached hydrogen (secondary N) is 2. The quantitative estimate of drug-likeness (QED) is 0.608. The highest BCUT2D eigenvalue weighted by atomic mass is 32.2. The summed E-state index contributed by atoms with van der Waals surface area (Å²) in [4.78, 5) is 23.9. The minimum Gasteiger partial charge on any atom is -0.320 e. The van der Waals surface area contributed by atoms with Gasteiger partial charge in [0.15, 0.2) is 5.16 Å². The number of hydrogen-bond acceptors (Lipinski definition) is 4. The van der Waals surface area contributed by atoms with Crippen LogP contribution in [0, 0.1) is 11.6 Å². The van der Waals surface area contributed by atoms with Crippen LogP contribution in [0.5, 0.6) is 0 Å². The first-order chi connectivity index (χ1) is 13.0. The summed E-state index contributed by atoms with van der Waals surface area (Å²) < 4.78 is 28.6. The van der Waals surface area contributed by atoms with E-state index in [1.165, 1.54) is 10.6 Å². The number of hydrogen-bond donors (Lipinski definition) is 2. The predicted octanol–water partition coefficient (Wildman–Crippen LogP) is 2.82. The predicted molar refractivity (Wildman–Crippen MR) is 98.7 cm³/mol. The van der Waals surface area contributed by atoms with Crippen LogP contribution in [-0.4, -0.2) is 26.4 Å². The molecule has 2 N–H and O–H groups in total. The number of benzene rings is 2. The van der Waals surface area contributed by atoms with Gasteiger partial charge in [-0.25, -0.2) is 18.7 Å². The highest BCUT2D eigenvalue weighted by Gasteiger charge is 2.15. The van der Waals surface area contributed by atoms with Gasteiger partial charge < -0.3 is 5.32 Å². The monoisotopic (exact) mass is 390 g/mol. The van der Waals surface area contributed by atoms with Crippen LogP contribution in [0.1, 0.15) is 5.56 Å². The summed E-state index contributed by atoms with van der Waals surface area (Å²) in [5, 5.41) is 8.78. The molecule has 0 aliphatic carbocycles. The minimum atomic E-state index is -0.854. The second-order valence-electron chi connectivity index (χ2n) is 5.63. The molecule has 1 amide bonds. The number of carbonyl (C=O) groups excluding carboxylic acids is 1. The fourth-order valence-electron chi connectivity index (χ4n) is 2.42. The van der Waals surface area contributed by atoms with Gasteiger partial charge in [-0.1, -0.05) is 48.2 Å². The van der Waals surface area contributed by atoms with E-state index in [-0.39, 0.29) is 11.4 Å². The van der Waals surface area contributed by atoms with Gasteiger partial charge in [-0.15, -0.1) is 5.10 Å². The van der Waals surface area contributed by atoms with Crippen molar-refractivity contribution in [1.82, 2.24) is 14.8 Å². The van der Waals surface area contributed by atoms with Crippen LogP contribution in [-0.2, 0) is 17.8 Å². The van der Waals surface area contributed by atoms with Gasteiger partial charge in [0.2, 0.25) is 5.91 Å². The number of halogens is 2. The SMILES string of the molecule is O=C(CSc1n[nH]c(=O)n1CCc1ccccc1)Nc1c(F)cccc1F. The van der Waals surface area contributed by atoms with E-state index in [0.717, 1.165) is 29.5 Å². The van der Waals surface area contributed by atoms with Crippen molar-refractivity contribution < 1.29 is 13.6 Å². The molecule has 9 heteroatoms. The third-order valence-electron chi connectivity index (χ3n) is 3.75. The van der Waals surface area contributed by atoms with Crippen molar-refractivity contribution >= 4 is 23.4 Å². The maximum Gasteiger partial charge on any atom is 0.343 e. The van der Waals surface area contributed by atoms with Crippen LogP contribution in [0.25, 0.3) is 0 Å². The third-order valence-corrected chi connectivity index (χ3v) is 4.73. The first-order valence-corrected chi connectivity index (χ1v) is 9.09. The molecule has 0 bridgehead atoms. The first-order valence-electron chi connectivity index (χ1n) is 8.10. The smallest absolute Gasteiger partial charge is 0.320 e. The van der Waals surface area contributed by atoms with E-state index < -0.39 is 23.2 Å². The second kappa shape index (κ2) is 8.63. The molecular weight excluding hydrogens is 374 g/mol. The van der Waals surface area contributed by atoms with Crippen LogP contribution in [0.4, 0.5) is 14.5 Å². The summed E-state index contributed by atoms with van der Waals surface area (Å²) in [5.41, 5.74) is 0.190. The van der Waals surface area contributed by atoms with Crippen LogP contribution in [0.2, 0.25) is 0 Å². The van der Waals surface area contributed by atoms with Crippen LogP contribution < -0.4 is 11.0 Å².